The van der Waals surface area contributed by atoms with Crippen LogP contribution in [-0.2, 0) is 27.4 Å². The molecule has 0 radical (unpaired) electrons. The van der Waals surface area contributed by atoms with Crippen molar-refractivity contribution in [2.24, 2.45) is 16.8 Å². The largest absolute Gasteiger partial charge is 0.469 e. The number of ether oxygens (including phenoxy) is 2. The Hall–Kier alpha value is -1.39. The summed E-state index contributed by atoms with van der Waals surface area (Å²) in [5.74, 6) is 0.842. The van der Waals surface area contributed by atoms with Gasteiger partial charge < -0.3 is 19.7 Å². The number of halogens is 1. The molecule has 8 heteroatoms. The van der Waals surface area contributed by atoms with Gasteiger partial charge in [-0.1, -0.05) is 31.2 Å². The van der Waals surface area contributed by atoms with Crippen LogP contribution in [0.25, 0.3) is 0 Å². The number of carbonyl (C=O) groups is 1. The summed E-state index contributed by atoms with van der Waals surface area (Å²) >= 11 is 0. The molecule has 1 aromatic carbocycles. The van der Waals surface area contributed by atoms with Crippen molar-refractivity contribution in [3.63, 3.8) is 0 Å². The Bertz CT molecular complexity index is 730. The normalized spacial score (nSPS) is 25.0. The van der Waals surface area contributed by atoms with Crippen molar-refractivity contribution in [2.75, 3.05) is 46.9 Å². The maximum Gasteiger partial charge on any atom is 0.310 e. The molecule has 3 rings (SSSR count). The highest BCUT2D eigenvalue weighted by molar-refractivity contribution is 14.0. The van der Waals surface area contributed by atoms with E-state index in [1.807, 2.05) is 0 Å². The summed E-state index contributed by atoms with van der Waals surface area (Å²) in [6, 6.07) is 8.69. The van der Waals surface area contributed by atoms with Gasteiger partial charge in [-0.15, -0.1) is 24.0 Å². The van der Waals surface area contributed by atoms with Crippen LogP contribution in [0.3, 0.4) is 0 Å². The molecule has 2 saturated heterocycles. The van der Waals surface area contributed by atoms with Crippen molar-refractivity contribution in [3.8, 4) is 0 Å². The van der Waals surface area contributed by atoms with Crippen LogP contribution in [0.1, 0.15) is 25.0 Å². The maximum atomic E-state index is 12.0. The summed E-state index contributed by atoms with van der Waals surface area (Å²) < 4.78 is 10.6. The van der Waals surface area contributed by atoms with Crippen molar-refractivity contribution >= 4 is 35.9 Å². The predicted octanol–water partition coefficient (Wildman–Crippen LogP) is 2.34. The number of aliphatic imine (C=N–C) groups is 1. The fraction of sp³-hybridized carbons (Fsp3) is 0.636. The van der Waals surface area contributed by atoms with Gasteiger partial charge in [-0.05, 0) is 24.0 Å². The number of hydrogen-bond donors (Lipinski definition) is 1. The summed E-state index contributed by atoms with van der Waals surface area (Å²) in [6.07, 6.45) is 0.300. The zero-order chi connectivity index (χ0) is 20.8. The van der Waals surface area contributed by atoms with Crippen molar-refractivity contribution in [2.45, 2.75) is 33.0 Å². The first-order valence-corrected chi connectivity index (χ1v) is 10.4. The second-order valence-corrected chi connectivity index (χ2v) is 8.15. The molecule has 2 heterocycles. The number of nitrogens with one attached hydrogen (secondary N) is 1. The minimum Gasteiger partial charge on any atom is -0.469 e. The summed E-state index contributed by atoms with van der Waals surface area (Å²) in [6.45, 7) is 10.1. The summed E-state index contributed by atoms with van der Waals surface area (Å²) in [5, 5.41) is 3.45. The molecule has 30 heavy (non-hydrogen) atoms. The monoisotopic (exact) mass is 530 g/mol. The van der Waals surface area contributed by atoms with E-state index in [1.54, 1.807) is 7.05 Å². The molecule has 168 valence electrons. The molecule has 7 nitrogen and oxygen atoms in total. The fourth-order valence-electron chi connectivity index (χ4n) is 4.24. The Morgan fingerprint density at radius 1 is 1.27 bits per heavy atom. The molecule has 2 aliphatic heterocycles. The zero-order valence-electron chi connectivity index (χ0n) is 18.5. The van der Waals surface area contributed by atoms with Crippen LogP contribution in [0.15, 0.2) is 29.3 Å². The first-order valence-electron chi connectivity index (χ1n) is 10.4. The van der Waals surface area contributed by atoms with Gasteiger partial charge in [0.1, 0.15) is 0 Å². The number of esters is 1. The van der Waals surface area contributed by atoms with Gasteiger partial charge in [0.25, 0.3) is 0 Å². The summed E-state index contributed by atoms with van der Waals surface area (Å²) in [7, 11) is 3.24. The number of carbonyl (C=O) groups excluding carboxylic acids is 1. The van der Waals surface area contributed by atoms with Crippen LogP contribution in [-0.4, -0.2) is 74.8 Å². The molecule has 0 bridgehead atoms. The minimum absolute atomic E-state index is 0. The highest BCUT2D eigenvalue weighted by Gasteiger charge is 2.36. The number of hydrogen-bond acceptors (Lipinski definition) is 5. The molecule has 2 aliphatic rings. The fourth-order valence-corrected chi connectivity index (χ4v) is 4.24. The van der Waals surface area contributed by atoms with Crippen LogP contribution in [0.2, 0.25) is 0 Å². The molecule has 0 spiro atoms. The third kappa shape index (κ3) is 6.55. The van der Waals surface area contributed by atoms with E-state index >= 15 is 0 Å². The van der Waals surface area contributed by atoms with E-state index in [0.29, 0.717) is 19.2 Å². The first-order chi connectivity index (χ1) is 14.0. The Labute approximate surface area is 197 Å². The predicted molar refractivity (Wildman–Crippen MR) is 129 cm³/mol. The lowest BCUT2D eigenvalue weighted by Crippen LogP contribution is -2.40. The van der Waals surface area contributed by atoms with Gasteiger partial charge in [0.15, 0.2) is 5.96 Å². The minimum atomic E-state index is -0.138. The van der Waals surface area contributed by atoms with Crippen LogP contribution in [0, 0.1) is 11.8 Å². The van der Waals surface area contributed by atoms with Gasteiger partial charge in [-0.25, -0.2) is 0 Å². The van der Waals surface area contributed by atoms with Crippen LogP contribution < -0.4 is 5.32 Å². The Morgan fingerprint density at radius 2 is 2.03 bits per heavy atom. The molecule has 1 N–H and O–H groups in total. The van der Waals surface area contributed by atoms with E-state index < -0.39 is 0 Å². The molecule has 3 atom stereocenters. The number of nitrogens with zero attached hydrogens (tertiary/aromatic N) is 3. The third-order valence-corrected chi connectivity index (χ3v) is 5.80. The van der Waals surface area contributed by atoms with Gasteiger partial charge in [0.2, 0.25) is 0 Å². The quantitative estimate of drug-likeness (QED) is 0.273. The van der Waals surface area contributed by atoms with Crippen molar-refractivity contribution in [1.82, 2.24) is 15.1 Å². The average Bonchev–Trinajstić information content (AvgIpc) is 3.09. The summed E-state index contributed by atoms with van der Waals surface area (Å²) in [5.41, 5.74) is 2.54. The van der Waals surface area contributed by atoms with Crippen LogP contribution in [0.4, 0.5) is 0 Å². The van der Waals surface area contributed by atoms with Crippen LogP contribution >= 0.6 is 24.0 Å². The zero-order valence-corrected chi connectivity index (χ0v) is 20.8. The van der Waals surface area contributed by atoms with Crippen LogP contribution in [0.5, 0.6) is 0 Å². The molecule has 0 aromatic heterocycles. The average molecular weight is 530 g/mol. The third-order valence-electron chi connectivity index (χ3n) is 5.80. The second-order valence-electron chi connectivity index (χ2n) is 8.15. The molecule has 0 aliphatic carbocycles. The Morgan fingerprint density at radius 3 is 2.73 bits per heavy atom. The first kappa shape index (κ1) is 24.9. The van der Waals surface area contributed by atoms with Crippen molar-refractivity contribution < 1.29 is 14.3 Å². The number of methoxy groups -OCH3 is 1. The lowest BCUT2D eigenvalue weighted by molar-refractivity contribution is -0.145. The SMILES string of the molecule is CN=C(NCc1cccc(CN2CCOC(C)C2)c1)N1CC(C)C(C(=O)OC)C1.I. The van der Waals surface area contributed by atoms with Gasteiger partial charge in [0.05, 0.1) is 25.7 Å². The number of benzene rings is 1. The highest BCUT2D eigenvalue weighted by atomic mass is 127. The van der Waals surface area contributed by atoms with E-state index in [1.165, 1.54) is 18.2 Å². The van der Waals surface area contributed by atoms with E-state index in [4.69, 9.17) is 9.47 Å². The van der Waals surface area contributed by atoms with E-state index in [-0.39, 0.29) is 41.8 Å². The van der Waals surface area contributed by atoms with Crippen molar-refractivity contribution in [3.05, 3.63) is 35.4 Å². The summed E-state index contributed by atoms with van der Waals surface area (Å²) in [4.78, 5) is 21.0. The number of likely N-dealkylation sites (tertiary alicyclic amines) is 1. The molecule has 0 amide bonds. The Kier molecular flexibility index (Phi) is 9.83. The lowest BCUT2D eigenvalue weighted by Gasteiger charge is -2.31. The molecule has 3 unspecified atom stereocenters. The number of morpholine rings is 1. The highest BCUT2D eigenvalue weighted by Crippen LogP contribution is 2.24. The van der Waals surface area contributed by atoms with Gasteiger partial charge >= 0.3 is 5.97 Å². The lowest BCUT2D eigenvalue weighted by atomic mass is 9.99. The van der Waals surface area contributed by atoms with E-state index in [9.17, 15) is 4.79 Å². The molecule has 0 saturated carbocycles. The maximum absolute atomic E-state index is 12.0. The molecule has 1 aromatic rings. The van der Waals surface area contributed by atoms with Gasteiger partial charge in [0, 0.05) is 46.3 Å². The van der Waals surface area contributed by atoms with Gasteiger partial charge in [-0.3, -0.25) is 14.7 Å². The topological polar surface area (TPSA) is 66.4 Å². The van der Waals surface area contributed by atoms with Crippen molar-refractivity contribution in [1.29, 1.82) is 0 Å². The Balaban J connectivity index is 0.00000320. The molecular formula is C22H35IN4O3. The second kappa shape index (κ2) is 11.9. The number of rotatable bonds is 5. The smallest absolute Gasteiger partial charge is 0.310 e. The standard InChI is InChI=1S/C22H34N4O3.HI/c1-16-12-26(15-20(16)21(27)28-4)22(23-3)24-11-18-6-5-7-19(10-18)14-25-8-9-29-17(2)13-25;/h5-7,10,16-17,20H,8-9,11-15H2,1-4H3,(H,23,24);1H. The van der Waals surface area contributed by atoms with E-state index in [2.05, 4.69) is 58.2 Å². The van der Waals surface area contributed by atoms with E-state index in [0.717, 1.165) is 38.7 Å². The molecule has 2 fully saturated rings. The van der Waals surface area contributed by atoms with Gasteiger partial charge in [-0.2, -0.15) is 0 Å². The number of guanidine groups is 1. The molecular weight excluding hydrogens is 495 g/mol.